The van der Waals surface area contributed by atoms with Crippen molar-refractivity contribution < 1.29 is 8.42 Å². The molecule has 0 radical (unpaired) electrons. The second kappa shape index (κ2) is 6.84. The van der Waals surface area contributed by atoms with Crippen molar-refractivity contribution in [2.75, 3.05) is 33.2 Å². The van der Waals surface area contributed by atoms with Crippen molar-refractivity contribution in [1.82, 2.24) is 8.61 Å². The van der Waals surface area contributed by atoms with E-state index in [1.54, 1.807) is 11.4 Å². The standard InChI is InChI=1S/C12H27N3O2S/c1-11(2)4-7-14(3)18(16,17)15-8-5-12(10-13)6-9-15/h11-12H,4-10,13H2,1-3H3. The van der Waals surface area contributed by atoms with Crippen LogP contribution >= 0.6 is 0 Å². The van der Waals surface area contributed by atoms with E-state index in [-0.39, 0.29) is 0 Å². The van der Waals surface area contributed by atoms with Gasteiger partial charge < -0.3 is 5.73 Å². The first kappa shape index (κ1) is 15.9. The molecule has 1 heterocycles. The fraction of sp³-hybridized carbons (Fsp3) is 1.00. The molecule has 0 spiro atoms. The van der Waals surface area contributed by atoms with Crippen LogP contribution in [0.25, 0.3) is 0 Å². The van der Waals surface area contributed by atoms with Crippen molar-refractivity contribution in [3.63, 3.8) is 0 Å². The predicted molar refractivity (Wildman–Crippen MR) is 74.4 cm³/mol. The molecule has 6 heteroatoms. The molecule has 0 aromatic carbocycles. The zero-order valence-corrected chi connectivity index (χ0v) is 12.6. The lowest BCUT2D eigenvalue weighted by atomic mass is 9.99. The summed E-state index contributed by atoms with van der Waals surface area (Å²) in [7, 11) is -1.59. The Balaban J connectivity index is 2.53. The number of hydrogen-bond donors (Lipinski definition) is 1. The lowest BCUT2D eigenvalue weighted by Gasteiger charge is -2.33. The molecule has 1 rings (SSSR count). The molecule has 0 atom stereocenters. The molecule has 0 aromatic rings. The Morgan fingerprint density at radius 2 is 1.89 bits per heavy atom. The van der Waals surface area contributed by atoms with Gasteiger partial charge in [-0.1, -0.05) is 13.8 Å². The normalized spacial score (nSPS) is 19.9. The maximum atomic E-state index is 12.3. The van der Waals surface area contributed by atoms with Gasteiger partial charge in [-0.15, -0.1) is 0 Å². The molecule has 1 aliphatic rings. The smallest absolute Gasteiger partial charge is 0.281 e. The van der Waals surface area contributed by atoms with Gasteiger partial charge in [0.25, 0.3) is 10.2 Å². The van der Waals surface area contributed by atoms with E-state index in [0.717, 1.165) is 19.3 Å². The fourth-order valence-corrected chi connectivity index (χ4v) is 3.53. The van der Waals surface area contributed by atoms with Gasteiger partial charge in [0.05, 0.1) is 0 Å². The Morgan fingerprint density at radius 3 is 2.33 bits per heavy atom. The van der Waals surface area contributed by atoms with Crippen molar-refractivity contribution in [2.24, 2.45) is 17.6 Å². The number of rotatable bonds is 6. The molecular weight excluding hydrogens is 250 g/mol. The number of piperidine rings is 1. The Labute approximate surface area is 112 Å². The lowest BCUT2D eigenvalue weighted by molar-refractivity contribution is 0.261. The fourth-order valence-electron chi connectivity index (χ4n) is 2.13. The molecule has 5 nitrogen and oxygen atoms in total. The minimum Gasteiger partial charge on any atom is -0.330 e. The SMILES string of the molecule is CC(C)CCN(C)S(=O)(=O)N1CCC(CN)CC1. The molecule has 0 amide bonds. The number of nitrogens with zero attached hydrogens (tertiary/aromatic N) is 2. The van der Waals surface area contributed by atoms with Crippen LogP contribution in [-0.4, -0.2) is 50.3 Å². The maximum absolute atomic E-state index is 12.3. The van der Waals surface area contributed by atoms with Gasteiger partial charge in [-0.25, -0.2) is 0 Å². The summed E-state index contributed by atoms with van der Waals surface area (Å²) < 4.78 is 27.7. The predicted octanol–water partition coefficient (Wildman–Crippen LogP) is 0.880. The van der Waals surface area contributed by atoms with Gasteiger partial charge in [0.1, 0.15) is 0 Å². The number of nitrogens with two attached hydrogens (primary N) is 1. The molecular formula is C12H27N3O2S. The molecule has 1 fully saturated rings. The summed E-state index contributed by atoms with van der Waals surface area (Å²) in [4.78, 5) is 0. The number of hydrogen-bond acceptors (Lipinski definition) is 3. The van der Waals surface area contributed by atoms with Gasteiger partial charge >= 0.3 is 0 Å². The van der Waals surface area contributed by atoms with E-state index in [1.807, 2.05) is 0 Å². The Kier molecular flexibility index (Phi) is 6.04. The Morgan fingerprint density at radius 1 is 1.33 bits per heavy atom. The van der Waals surface area contributed by atoms with Crippen LogP contribution in [0.1, 0.15) is 33.1 Å². The van der Waals surface area contributed by atoms with Crippen LogP contribution in [0.5, 0.6) is 0 Å². The largest absolute Gasteiger partial charge is 0.330 e. The van der Waals surface area contributed by atoms with Gasteiger partial charge in [0.2, 0.25) is 0 Å². The average Bonchev–Trinajstić information content (AvgIpc) is 2.35. The van der Waals surface area contributed by atoms with Crippen molar-refractivity contribution in [2.45, 2.75) is 33.1 Å². The van der Waals surface area contributed by atoms with Crippen molar-refractivity contribution in [3.8, 4) is 0 Å². The molecule has 1 saturated heterocycles. The zero-order valence-electron chi connectivity index (χ0n) is 11.8. The van der Waals surface area contributed by atoms with Crippen LogP contribution in [0, 0.1) is 11.8 Å². The van der Waals surface area contributed by atoms with Crippen molar-refractivity contribution in [3.05, 3.63) is 0 Å². The average molecular weight is 277 g/mol. The molecule has 0 bridgehead atoms. The van der Waals surface area contributed by atoms with Crippen LogP contribution in [0.2, 0.25) is 0 Å². The minimum absolute atomic E-state index is 0.484. The summed E-state index contributed by atoms with van der Waals surface area (Å²) >= 11 is 0. The third-order valence-corrected chi connectivity index (χ3v) is 5.64. The molecule has 1 aliphatic heterocycles. The van der Waals surface area contributed by atoms with Gasteiger partial charge in [0.15, 0.2) is 0 Å². The summed E-state index contributed by atoms with van der Waals surface area (Å²) in [5.74, 6) is 1.00. The molecule has 0 aromatic heterocycles. The van der Waals surface area contributed by atoms with Gasteiger partial charge in [0, 0.05) is 26.7 Å². The van der Waals surface area contributed by atoms with Crippen molar-refractivity contribution >= 4 is 10.2 Å². The molecule has 0 unspecified atom stereocenters. The van der Waals surface area contributed by atoms with E-state index in [2.05, 4.69) is 13.8 Å². The Bertz CT molecular complexity index is 335. The van der Waals surface area contributed by atoms with E-state index in [9.17, 15) is 8.42 Å². The van der Waals surface area contributed by atoms with Crippen LogP contribution < -0.4 is 5.73 Å². The first-order chi connectivity index (χ1) is 8.37. The molecule has 18 heavy (non-hydrogen) atoms. The lowest BCUT2D eigenvalue weighted by Crippen LogP contribution is -2.46. The van der Waals surface area contributed by atoms with Crippen LogP contribution in [0.4, 0.5) is 0 Å². The molecule has 0 aliphatic carbocycles. The van der Waals surface area contributed by atoms with Crippen LogP contribution in [0.3, 0.4) is 0 Å². The van der Waals surface area contributed by atoms with Crippen molar-refractivity contribution in [1.29, 1.82) is 0 Å². The van der Waals surface area contributed by atoms with Gasteiger partial charge in [-0.3, -0.25) is 0 Å². The summed E-state index contributed by atoms with van der Waals surface area (Å²) in [5, 5.41) is 0. The minimum atomic E-state index is -3.26. The third kappa shape index (κ3) is 4.19. The van der Waals surface area contributed by atoms with E-state index < -0.39 is 10.2 Å². The second-order valence-corrected chi connectivity index (χ2v) is 7.63. The highest BCUT2D eigenvalue weighted by Crippen LogP contribution is 2.20. The maximum Gasteiger partial charge on any atom is 0.281 e. The van der Waals surface area contributed by atoms with E-state index >= 15 is 0 Å². The van der Waals surface area contributed by atoms with Gasteiger partial charge in [-0.05, 0) is 37.6 Å². The van der Waals surface area contributed by atoms with Crippen LogP contribution in [-0.2, 0) is 10.2 Å². The summed E-state index contributed by atoms with van der Waals surface area (Å²) in [6, 6.07) is 0. The monoisotopic (exact) mass is 277 g/mol. The van der Waals surface area contributed by atoms with E-state index in [1.165, 1.54) is 4.31 Å². The van der Waals surface area contributed by atoms with Crippen LogP contribution in [0.15, 0.2) is 0 Å². The molecule has 0 saturated carbocycles. The summed E-state index contributed by atoms with van der Waals surface area (Å²) in [6.45, 7) is 6.68. The third-order valence-electron chi connectivity index (χ3n) is 3.65. The first-order valence-electron chi connectivity index (χ1n) is 6.79. The van der Waals surface area contributed by atoms with Gasteiger partial charge in [-0.2, -0.15) is 17.0 Å². The zero-order chi connectivity index (χ0) is 13.8. The second-order valence-electron chi connectivity index (χ2n) is 5.59. The molecule has 2 N–H and O–H groups in total. The first-order valence-corrected chi connectivity index (χ1v) is 8.19. The highest BCUT2D eigenvalue weighted by molar-refractivity contribution is 7.86. The summed E-state index contributed by atoms with van der Waals surface area (Å²) in [6.07, 6.45) is 2.66. The highest BCUT2D eigenvalue weighted by atomic mass is 32.2. The molecule has 108 valence electrons. The summed E-state index contributed by atoms with van der Waals surface area (Å²) in [5.41, 5.74) is 5.62. The highest BCUT2D eigenvalue weighted by Gasteiger charge is 2.30. The quantitative estimate of drug-likeness (QED) is 0.784. The van der Waals surface area contributed by atoms with E-state index in [0.29, 0.717) is 38.0 Å². The topological polar surface area (TPSA) is 66.6 Å². The Hall–Kier alpha value is -0.170. The van der Waals surface area contributed by atoms with E-state index in [4.69, 9.17) is 5.73 Å².